The number of ether oxygens (including phenoxy) is 1. The molecule has 0 radical (unpaired) electrons. The fourth-order valence-corrected chi connectivity index (χ4v) is 1.04. The zero-order valence-electron chi connectivity index (χ0n) is 10.5. The molecule has 6 heteroatoms. The number of methoxy groups -OCH3 is 1. The van der Waals surface area contributed by atoms with Crippen molar-refractivity contribution in [3.63, 3.8) is 0 Å². The predicted molar refractivity (Wildman–Crippen MR) is 64.3 cm³/mol. The lowest BCUT2D eigenvalue weighted by Crippen LogP contribution is -2.20. The van der Waals surface area contributed by atoms with E-state index < -0.39 is 17.7 Å². The molecule has 0 aliphatic rings. The van der Waals surface area contributed by atoms with E-state index >= 15 is 0 Å². The predicted octanol–water partition coefficient (Wildman–Crippen LogP) is 1.46. The first kappa shape index (κ1) is 14.4. The molecule has 19 heavy (non-hydrogen) atoms. The van der Waals surface area contributed by atoms with Crippen LogP contribution in [0.1, 0.15) is 17.3 Å². The van der Waals surface area contributed by atoms with E-state index in [4.69, 9.17) is 4.74 Å². The molecule has 0 bridgehead atoms. The molecule has 0 atom stereocenters. The van der Waals surface area contributed by atoms with Crippen molar-refractivity contribution in [2.24, 2.45) is 0 Å². The molecule has 0 fully saturated rings. The minimum Gasteiger partial charge on any atom is -0.497 e. The number of benzene rings is 1. The number of hydrogen-bond donors (Lipinski definition) is 0. The highest BCUT2D eigenvalue weighted by Crippen LogP contribution is 2.12. The molecule has 0 saturated heterocycles. The second-order valence-electron chi connectivity index (χ2n) is 3.58. The molecular formula is C13H12O6. The maximum Gasteiger partial charge on any atom is 0.426 e. The lowest BCUT2D eigenvalue weighted by atomic mass is 10.1. The normalized spacial score (nSPS) is 9.37. The number of Topliss-reactive ketones (excluding diaryl/α,β-unsaturated/α-hetero) is 1. The van der Waals surface area contributed by atoms with Gasteiger partial charge >= 0.3 is 11.9 Å². The van der Waals surface area contributed by atoms with E-state index in [2.05, 4.69) is 16.4 Å². The summed E-state index contributed by atoms with van der Waals surface area (Å²) in [6, 6.07) is 5.81. The molecule has 1 aromatic carbocycles. The van der Waals surface area contributed by atoms with Gasteiger partial charge in [-0.1, -0.05) is 6.58 Å². The van der Waals surface area contributed by atoms with E-state index in [1.54, 1.807) is 0 Å². The highest BCUT2D eigenvalue weighted by atomic mass is 17.2. The molecule has 0 heterocycles. The van der Waals surface area contributed by atoms with Crippen LogP contribution >= 0.6 is 0 Å². The number of hydrogen-bond acceptors (Lipinski definition) is 6. The van der Waals surface area contributed by atoms with Crippen molar-refractivity contribution in [2.75, 3.05) is 7.11 Å². The topological polar surface area (TPSA) is 78.9 Å². The number of rotatable bonds is 4. The highest BCUT2D eigenvalue weighted by Gasteiger charge is 2.21. The fourth-order valence-electron chi connectivity index (χ4n) is 1.04. The first-order valence-electron chi connectivity index (χ1n) is 5.22. The Balaban J connectivity index is 2.63. The van der Waals surface area contributed by atoms with E-state index in [0.717, 1.165) is 0 Å². The quantitative estimate of drug-likeness (QED) is 0.269. The van der Waals surface area contributed by atoms with Crippen LogP contribution in [0.4, 0.5) is 0 Å². The van der Waals surface area contributed by atoms with Crippen molar-refractivity contribution < 1.29 is 28.9 Å². The summed E-state index contributed by atoms with van der Waals surface area (Å²) in [6.45, 7) is 4.67. The summed E-state index contributed by atoms with van der Waals surface area (Å²) in [5, 5.41) is 0. The van der Waals surface area contributed by atoms with Crippen molar-refractivity contribution in [2.45, 2.75) is 6.92 Å². The van der Waals surface area contributed by atoms with E-state index in [1.165, 1.54) is 38.3 Å². The summed E-state index contributed by atoms with van der Waals surface area (Å²) in [5.41, 5.74) is 0.141. The van der Waals surface area contributed by atoms with Crippen molar-refractivity contribution in [1.82, 2.24) is 0 Å². The van der Waals surface area contributed by atoms with Gasteiger partial charge in [-0.15, -0.1) is 0 Å². The summed E-state index contributed by atoms with van der Waals surface area (Å²) in [4.78, 5) is 42.1. The van der Waals surface area contributed by atoms with Gasteiger partial charge in [0.2, 0.25) is 0 Å². The summed E-state index contributed by atoms with van der Waals surface area (Å²) >= 11 is 0. The fraction of sp³-hybridized carbons (Fsp3) is 0.154. The smallest absolute Gasteiger partial charge is 0.426 e. The lowest BCUT2D eigenvalue weighted by molar-refractivity contribution is -0.250. The molecule has 6 nitrogen and oxygen atoms in total. The molecule has 0 N–H and O–H groups in total. The van der Waals surface area contributed by atoms with Gasteiger partial charge in [0.05, 0.1) is 7.11 Å². The Morgan fingerprint density at radius 3 is 2.00 bits per heavy atom. The first-order chi connectivity index (χ1) is 8.95. The molecule has 0 spiro atoms. The first-order valence-corrected chi connectivity index (χ1v) is 5.22. The Bertz CT molecular complexity index is 514. The molecule has 1 rings (SSSR count). The summed E-state index contributed by atoms with van der Waals surface area (Å²) in [5.74, 6) is -2.61. The Morgan fingerprint density at radius 1 is 1.00 bits per heavy atom. The molecule has 0 amide bonds. The van der Waals surface area contributed by atoms with Crippen LogP contribution in [-0.4, -0.2) is 24.8 Å². The van der Waals surface area contributed by atoms with Gasteiger partial charge in [0, 0.05) is 11.1 Å². The molecule has 100 valence electrons. The summed E-state index contributed by atoms with van der Waals surface area (Å²) in [6.07, 6.45) is 0. The van der Waals surface area contributed by atoms with Crippen LogP contribution in [0.5, 0.6) is 5.75 Å². The Kier molecular flexibility index (Phi) is 4.82. The average Bonchev–Trinajstić information content (AvgIpc) is 2.43. The van der Waals surface area contributed by atoms with Gasteiger partial charge < -0.3 is 4.74 Å². The monoisotopic (exact) mass is 264 g/mol. The maximum atomic E-state index is 11.6. The number of carbonyl (C=O) groups excluding carboxylic acids is 3. The SMILES string of the molecule is C=C(C)C(=O)OOC(=O)C(=O)c1ccc(OC)cc1. The molecule has 0 saturated carbocycles. The third-order valence-corrected chi connectivity index (χ3v) is 2.08. The molecule has 0 unspecified atom stereocenters. The second kappa shape index (κ2) is 6.34. The van der Waals surface area contributed by atoms with Crippen LogP contribution in [-0.2, 0) is 19.4 Å². The van der Waals surface area contributed by atoms with Gasteiger partial charge in [-0.05, 0) is 31.2 Å². The average molecular weight is 264 g/mol. The zero-order chi connectivity index (χ0) is 14.4. The van der Waals surface area contributed by atoms with Crippen LogP contribution in [0.3, 0.4) is 0 Å². The van der Waals surface area contributed by atoms with E-state index in [-0.39, 0.29) is 11.1 Å². The molecule has 0 aliphatic carbocycles. The van der Waals surface area contributed by atoms with E-state index in [1.807, 2.05) is 0 Å². The maximum absolute atomic E-state index is 11.6. The van der Waals surface area contributed by atoms with Gasteiger partial charge in [0.15, 0.2) is 0 Å². The summed E-state index contributed by atoms with van der Waals surface area (Å²) in [7, 11) is 1.47. The summed E-state index contributed by atoms with van der Waals surface area (Å²) < 4.78 is 4.91. The largest absolute Gasteiger partial charge is 0.497 e. The minimum absolute atomic E-state index is 0.0460. The lowest BCUT2D eigenvalue weighted by Gasteiger charge is -2.03. The van der Waals surface area contributed by atoms with Crippen LogP contribution in [0.25, 0.3) is 0 Å². The van der Waals surface area contributed by atoms with Crippen LogP contribution in [0.15, 0.2) is 36.4 Å². The molecular weight excluding hydrogens is 252 g/mol. The zero-order valence-corrected chi connectivity index (χ0v) is 10.5. The Morgan fingerprint density at radius 2 is 1.53 bits per heavy atom. The Labute approximate surface area is 109 Å². The van der Waals surface area contributed by atoms with Crippen molar-refractivity contribution in [3.8, 4) is 5.75 Å². The van der Waals surface area contributed by atoms with E-state index in [9.17, 15) is 14.4 Å². The Hall–Kier alpha value is -2.63. The van der Waals surface area contributed by atoms with Crippen LogP contribution in [0.2, 0.25) is 0 Å². The number of ketones is 1. The van der Waals surface area contributed by atoms with Gasteiger partial charge in [0.1, 0.15) is 5.75 Å². The molecule has 0 aromatic heterocycles. The third-order valence-electron chi connectivity index (χ3n) is 2.08. The van der Waals surface area contributed by atoms with Gasteiger partial charge in [-0.25, -0.2) is 19.4 Å². The van der Waals surface area contributed by atoms with Crippen molar-refractivity contribution in [3.05, 3.63) is 42.0 Å². The standard InChI is InChI=1S/C13H12O6/c1-8(2)12(15)18-19-13(16)11(14)9-4-6-10(17-3)7-5-9/h4-7H,1H2,2-3H3. The second-order valence-corrected chi connectivity index (χ2v) is 3.58. The van der Waals surface area contributed by atoms with Crippen molar-refractivity contribution >= 4 is 17.7 Å². The molecule has 1 aromatic rings. The molecule has 0 aliphatic heterocycles. The van der Waals surface area contributed by atoms with Gasteiger partial charge in [-0.3, -0.25) is 4.79 Å². The van der Waals surface area contributed by atoms with Crippen LogP contribution in [0, 0.1) is 0 Å². The van der Waals surface area contributed by atoms with Crippen molar-refractivity contribution in [1.29, 1.82) is 0 Å². The van der Waals surface area contributed by atoms with Gasteiger partial charge in [-0.2, -0.15) is 0 Å². The highest BCUT2D eigenvalue weighted by molar-refractivity contribution is 6.40. The minimum atomic E-state index is -1.29. The van der Waals surface area contributed by atoms with Crippen LogP contribution < -0.4 is 4.74 Å². The van der Waals surface area contributed by atoms with Gasteiger partial charge in [0.25, 0.3) is 5.78 Å². The number of carbonyl (C=O) groups is 3. The third kappa shape index (κ3) is 3.95. The van der Waals surface area contributed by atoms with E-state index in [0.29, 0.717) is 5.75 Å².